The number of nitrogens with one attached hydrogen (secondary N) is 2. The van der Waals surface area contributed by atoms with E-state index in [1.165, 1.54) is 10.8 Å². The zero-order valence-electron chi connectivity index (χ0n) is 19.7. The zero-order valence-corrected chi connectivity index (χ0v) is 19.7. The van der Waals surface area contributed by atoms with Crippen molar-refractivity contribution in [1.29, 1.82) is 0 Å². The highest BCUT2D eigenvalue weighted by molar-refractivity contribution is 5.99. The highest BCUT2D eigenvalue weighted by atomic mass is 14.9. The van der Waals surface area contributed by atoms with E-state index in [4.69, 9.17) is 9.97 Å². The molecule has 172 valence electrons. The van der Waals surface area contributed by atoms with Crippen LogP contribution in [0, 0.1) is 0 Å². The first-order chi connectivity index (χ1) is 17.8. The summed E-state index contributed by atoms with van der Waals surface area (Å²) in [6.07, 6.45) is 0. The molecule has 0 fully saturated rings. The molecule has 4 bridgehead atoms. The van der Waals surface area contributed by atoms with Crippen LogP contribution in [0.25, 0.3) is 44.1 Å². The standard InChI is InChI=1S/C32H24N4/c1-3-11-25-21(9-1)17-23-19-33-30-16-8-6-14-28(30)32-26-12-4-2-10-22(26)18-24(36-32)20-34-29-15-7-5-13-27(29)31(25)35-23/h1-18,33-34H,19-20H2. The van der Waals surface area contributed by atoms with Crippen LogP contribution in [0.15, 0.2) is 109 Å². The summed E-state index contributed by atoms with van der Waals surface area (Å²) in [5.41, 5.74) is 8.26. The first-order valence-electron chi connectivity index (χ1n) is 12.3. The molecule has 0 amide bonds. The summed E-state index contributed by atoms with van der Waals surface area (Å²) in [5, 5.41) is 12.0. The molecule has 36 heavy (non-hydrogen) atoms. The predicted octanol–water partition coefficient (Wildman–Crippen LogP) is 7.65. The lowest BCUT2D eigenvalue weighted by molar-refractivity contribution is 1.04. The molecule has 4 heteroatoms. The highest BCUT2D eigenvalue weighted by Gasteiger charge is 2.16. The maximum Gasteiger partial charge on any atom is 0.0805 e. The summed E-state index contributed by atoms with van der Waals surface area (Å²) in [6, 6.07) is 38.2. The van der Waals surface area contributed by atoms with Gasteiger partial charge in [-0.2, -0.15) is 0 Å². The maximum atomic E-state index is 5.16. The van der Waals surface area contributed by atoms with E-state index < -0.39 is 0 Å². The van der Waals surface area contributed by atoms with Crippen molar-refractivity contribution in [3.63, 3.8) is 0 Å². The quantitative estimate of drug-likeness (QED) is 0.242. The molecule has 4 nitrogen and oxygen atoms in total. The fourth-order valence-electron chi connectivity index (χ4n) is 5.16. The number of hydrogen-bond donors (Lipinski definition) is 2. The van der Waals surface area contributed by atoms with Gasteiger partial charge in [0, 0.05) is 33.3 Å². The van der Waals surface area contributed by atoms with Gasteiger partial charge in [-0.15, -0.1) is 0 Å². The molecular formula is C32H24N4. The highest BCUT2D eigenvalue weighted by Crippen LogP contribution is 2.36. The van der Waals surface area contributed by atoms with Crippen molar-refractivity contribution < 1.29 is 0 Å². The number of pyridine rings is 2. The molecule has 0 unspecified atom stereocenters. The molecule has 1 aliphatic rings. The second-order valence-electron chi connectivity index (χ2n) is 9.16. The van der Waals surface area contributed by atoms with Crippen molar-refractivity contribution in [3.8, 4) is 22.5 Å². The first-order valence-corrected chi connectivity index (χ1v) is 12.3. The molecule has 0 saturated heterocycles. The predicted molar refractivity (Wildman–Crippen MR) is 149 cm³/mol. The van der Waals surface area contributed by atoms with Crippen LogP contribution in [0.4, 0.5) is 11.4 Å². The Morgan fingerprint density at radius 1 is 0.472 bits per heavy atom. The number of nitrogens with zero attached hydrogens (tertiary/aromatic N) is 2. The fourth-order valence-corrected chi connectivity index (χ4v) is 5.16. The van der Waals surface area contributed by atoms with Crippen LogP contribution in [0.5, 0.6) is 0 Å². The van der Waals surface area contributed by atoms with Crippen molar-refractivity contribution >= 4 is 32.9 Å². The smallest absolute Gasteiger partial charge is 0.0805 e. The Bertz CT molecular complexity index is 1620. The third-order valence-electron chi connectivity index (χ3n) is 6.87. The number of rotatable bonds is 0. The van der Waals surface area contributed by atoms with Crippen LogP contribution in [0.2, 0.25) is 0 Å². The van der Waals surface area contributed by atoms with Crippen LogP contribution in [-0.4, -0.2) is 9.97 Å². The van der Waals surface area contributed by atoms with Gasteiger partial charge >= 0.3 is 0 Å². The molecule has 0 atom stereocenters. The average molecular weight is 465 g/mol. The molecule has 2 aromatic heterocycles. The van der Waals surface area contributed by atoms with Gasteiger partial charge in [-0.05, 0) is 35.0 Å². The minimum Gasteiger partial charge on any atom is -0.379 e. The molecule has 2 N–H and O–H groups in total. The van der Waals surface area contributed by atoms with Gasteiger partial charge in [0.25, 0.3) is 0 Å². The van der Waals surface area contributed by atoms with Gasteiger partial charge < -0.3 is 10.6 Å². The number of fused-ring (bicyclic) bond motifs is 12. The molecule has 0 saturated carbocycles. The van der Waals surface area contributed by atoms with E-state index in [9.17, 15) is 0 Å². The topological polar surface area (TPSA) is 49.8 Å². The van der Waals surface area contributed by atoms with E-state index in [0.29, 0.717) is 13.1 Å². The Morgan fingerprint density at radius 3 is 1.39 bits per heavy atom. The van der Waals surface area contributed by atoms with Gasteiger partial charge in [0.05, 0.1) is 35.9 Å². The number of benzene rings is 4. The Labute approximate surface area is 209 Å². The van der Waals surface area contributed by atoms with Crippen molar-refractivity contribution in [2.75, 3.05) is 10.6 Å². The van der Waals surface area contributed by atoms with Crippen molar-refractivity contribution in [2.45, 2.75) is 13.1 Å². The van der Waals surface area contributed by atoms with Crippen LogP contribution >= 0.6 is 0 Å². The summed E-state index contributed by atoms with van der Waals surface area (Å²) in [6.45, 7) is 1.23. The molecule has 1 aliphatic heterocycles. The van der Waals surface area contributed by atoms with Crippen LogP contribution < -0.4 is 10.6 Å². The Morgan fingerprint density at radius 2 is 0.889 bits per heavy atom. The number of hydrogen-bond acceptors (Lipinski definition) is 4. The number of para-hydroxylation sites is 2. The summed E-state index contributed by atoms with van der Waals surface area (Å²) in [7, 11) is 0. The monoisotopic (exact) mass is 464 g/mol. The second kappa shape index (κ2) is 8.51. The van der Waals surface area contributed by atoms with Gasteiger partial charge in [0.15, 0.2) is 0 Å². The lowest BCUT2D eigenvalue weighted by atomic mass is 10.00. The molecule has 6 aromatic rings. The first kappa shape index (κ1) is 20.7. The lowest BCUT2D eigenvalue weighted by Gasteiger charge is -2.18. The molecule has 0 spiro atoms. The molecule has 7 rings (SSSR count). The molecule has 0 radical (unpaired) electrons. The molecule has 4 aromatic carbocycles. The molecule has 3 heterocycles. The summed E-state index contributed by atoms with van der Waals surface area (Å²) in [5.74, 6) is 0. The van der Waals surface area contributed by atoms with Crippen LogP contribution in [-0.2, 0) is 13.1 Å². The van der Waals surface area contributed by atoms with Crippen molar-refractivity contribution in [3.05, 3.63) is 121 Å². The number of anilines is 2. The minimum atomic E-state index is 0.613. The number of aromatic nitrogens is 2. The minimum absolute atomic E-state index is 0.613. The third-order valence-corrected chi connectivity index (χ3v) is 6.87. The van der Waals surface area contributed by atoms with E-state index in [-0.39, 0.29) is 0 Å². The van der Waals surface area contributed by atoms with Crippen LogP contribution in [0.1, 0.15) is 11.4 Å². The third kappa shape index (κ3) is 3.55. The Balaban J connectivity index is 1.48. The lowest BCUT2D eigenvalue weighted by Crippen LogP contribution is -2.08. The fraction of sp³-hybridized carbons (Fsp3) is 0.0625. The van der Waals surface area contributed by atoms with E-state index in [1.54, 1.807) is 0 Å². The van der Waals surface area contributed by atoms with Crippen LogP contribution in [0.3, 0.4) is 0 Å². The molecule has 0 aliphatic carbocycles. The zero-order chi connectivity index (χ0) is 23.9. The van der Waals surface area contributed by atoms with Gasteiger partial charge in [-0.1, -0.05) is 84.9 Å². The van der Waals surface area contributed by atoms with Crippen molar-refractivity contribution in [2.24, 2.45) is 0 Å². The van der Waals surface area contributed by atoms with Gasteiger partial charge in [0.1, 0.15) is 0 Å². The summed E-state index contributed by atoms with van der Waals surface area (Å²) in [4.78, 5) is 10.3. The summed E-state index contributed by atoms with van der Waals surface area (Å²) < 4.78 is 0. The summed E-state index contributed by atoms with van der Waals surface area (Å²) >= 11 is 0. The maximum absolute atomic E-state index is 5.16. The second-order valence-corrected chi connectivity index (χ2v) is 9.16. The average Bonchev–Trinajstić information content (AvgIpc) is 2.94. The van der Waals surface area contributed by atoms with E-state index in [1.807, 2.05) is 0 Å². The normalized spacial score (nSPS) is 12.7. The Hall–Kier alpha value is -4.70. The van der Waals surface area contributed by atoms with E-state index >= 15 is 0 Å². The van der Waals surface area contributed by atoms with Gasteiger partial charge in [-0.3, -0.25) is 9.97 Å². The SMILES string of the molecule is c1ccc2c(c1)NCc1cc3ccccc3c(n1)-c1ccccc1NCc1cc3ccccc3c-2n1. The van der Waals surface area contributed by atoms with E-state index in [0.717, 1.165) is 56.0 Å². The van der Waals surface area contributed by atoms with Crippen molar-refractivity contribution in [1.82, 2.24) is 9.97 Å². The van der Waals surface area contributed by atoms with Gasteiger partial charge in [-0.25, -0.2) is 0 Å². The van der Waals surface area contributed by atoms with E-state index in [2.05, 4.69) is 120 Å². The Kier molecular flexibility index (Phi) is 4.88. The molecular weight excluding hydrogens is 440 g/mol. The largest absolute Gasteiger partial charge is 0.379 e. The van der Waals surface area contributed by atoms with Gasteiger partial charge in [0.2, 0.25) is 0 Å².